The van der Waals surface area contributed by atoms with Crippen molar-refractivity contribution < 1.29 is 4.74 Å². The SMILES string of the molecule is COc1cnc2c(c1)ncn2Cc1ccccc1. The second kappa shape index (κ2) is 4.49. The van der Waals surface area contributed by atoms with Crippen LogP contribution >= 0.6 is 0 Å². The van der Waals surface area contributed by atoms with Gasteiger partial charge in [-0.1, -0.05) is 30.3 Å². The zero-order valence-electron chi connectivity index (χ0n) is 10.1. The van der Waals surface area contributed by atoms with Gasteiger partial charge in [0.05, 0.1) is 26.2 Å². The van der Waals surface area contributed by atoms with Crippen LogP contribution in [0.3, 0.4) is 0 Å². The van der Waals surface area contributed by atoms with Crippen molar-refractivity contribution in [1.29, 1.82) is 0 Å². The molecule has 2 aromatic heterocycles. The number of nitrogens with zero attached hydrogens (tertiary/aromatic N) is 3. The number of hydrogen-bond acceptors (Lipinski definition) is 3. The first kappa shape index (κ1) is 10.8. The van der Waals surface area contributed by atoms with Crippen molar-refractivity contribution in [2.75, 3.05) is 7.11 Å². The third-order valence-electron chi connectivity index (χ3n) is 2.86. The van der Waals surface area contributed by atoms with Gasteiger partial charge in [-0.3, -0.25) is 0 Å². The molecule has 0 atom stereocenters. The number of methoxy groups -OCH3 is 1. The van der Waals surface area contributed by atoms with E-state index in [0.717, 1.165) is 23.5 Å². The van der Waals surface area contributed by atoms with Gasteiger partial charge in [-0.15, -0.1) is 0 Å². The van der Waals surface area contributed by atoms with E-state index in [1.807, 2.05) is 35.2 Å². The summed E-state index contributed by atoms with van der Waals surface area (Å²) >= 11 is 0. The summed E-state index contributed by atoms with van der Waals surface area (Å²) in [6, 6.07) is 12.2. The Kier molecular flexibility index (Phi) is 2.68. The minimum Gasteiger partial charge on any atom is -0.495 e. The lowest BCUT2D eigenvalue weighted by Crippen LogP contribution is -1.98. The van der Waals surface area contributed by atoms with E-state index in [1.54, 1.807) is 13.3 Å². The van der Waals surface area contributed by atoms with Crippen LogP contribution < -0.4 is 4.74 Å². The fourth-order valence-corrected chi connectivity index (χ4v) is 1.94. The topological polar surface area (TPSA) is 39.9 Å². The zero-order valence-corrected chi connectivity index (χ0v) is 10.1. The number of imidazole rings is 1. The predicted molar refractivity (Wildman–Crippen MR) is 69.6 cm³/mol. The van der Waals surface area contributed by atoms with Crippen molar-refractivity contribution in [3.8, 4) is 5.75 Å². The molecule has 3 aromatic rings. The Hall–Kier alpha value is -2.36. The summed E-state index contributed by atoms with van der Waals surface area (Å²) in [4.78, 5) is 8.73. The molecule has 3 rings (SSSR count). The van der Waals surface area contributed by atoms with Gasteiger partial charge in [0.1, 0.15) is 11.3 Å². The molecular weight excluding hydrogens is 226 g/mol. The Labute approximate surface area is 105 Å². The maximum absolute atomic E-state index is 5.14. The molecule has 0 aliphatic heterocycles. The molecule has 0 saturated heterocycles. The highest BCUT2D eigenvalue weighted by atomic mass is 16.5. The molecule has 0 bridgehead atoms. The smallest absolute Gasteiger partial charge is 0.160 e. The fourth-order valence-electron chi connectivity index (χ4n) is 1.94. The highest BCUT2D eigenvalue weighted by Gasteiger charge is 2.05. The average Bonchev–Trinajstić information content (AvgIpc) is 2.82. The second-order valence-corrected chi connectivity index (χ2v) is 4.08. The Balaban J connectivity index is 1.98. The molecule has 0 aliphatic rings. The standard InChI is InChI=1S/C14H13N3O/c1-18-12-7-13-14(15-8-12)17(10-16-13)9-11-5-3-2-4-6-11/h2-8,10H,9H2,1H3. The third kappa shape index (κ3) is 1.93. The number of benzene rings is 1. The molecule has 0 amide bonds. The van der Waals surface area contributed by atoms with Crippen molar-refractivity contribution >= 4 is 11.2 Å². The van der Waals surface area contributed by atoms with Gasteiger partial charge in [0, 0.05) is 6.07 Å². The van der Waals surface area contributed by atoms with Gasteiger partial charge in [-0.05, 0) is 5.56 Å². The summed E-state index contributed by atoms with van der Waals surface area (Å²) in [5.74, 6) is 0.729. The van der Waals surface area contributed by atoms with Crippen LogP contribution in [0.5, 0.6) is 5.75 Å². The normalized spacial score (nSPS) is 10.7. The molecule has 0 spiro atoms. The number of hydrogen-bond donors (Lipinski definition) is 0. The molecule has 4 heteroatoms. The molecule has 18 heavy (non-hydrogen) atoms. The molecule has 0 radical (unpaired) electrons. The highest BCUT2D eigenvalue weighted by molar-refractivity contribution is 5.72. The van der Waals surface area contributed by atoms with Gasteiger partial charge >= 0.3 is 0 Å². The quantitative estimate of drug-likeness (QED) is 0.705. The van der Waals surface area contributed by atoms with Crippen molar-refractivity contribution in [3.63, 3.8) is 0 Å². The van der Waals surface area contributed by atoms with Crippen LogP contribution in [0.15, 0.2) is 48.9 Å². The van der Waals surface area contributed by atoms with Crippen LogP contribution in [0.2, 0.25) is 0 Å². The van der Waals surface area contributed by atoms with Gasteiger partial charge in [0.25, 0.3) is 0 Å². The number of rotatable bonds is 3. The van der Waals surface area contributed by atoms with E-state index < -0.39 is 0 Å². The first-order chi connectivity index (χ1) is 8.86. The van der Waals surface area contributed by atoms with E-state index >= 15 is 0 Å². The van der Waals surface area contributed by atoms with Crippen LogP contribution in [0.25, 0.3) is 11.2 Å². The molecule has 90 valence electrons. The minimum absolute atomic E-state index is 0.729. The predicted octanol–water partition coefficient (Wildman–Crippen LogP) is 2.49. The summed E-state index contributed by atoms with van der Waals surface area (Å²) in [6.45, 7) is 0.774. The van der Waals surface area contributed by atoms with E-state index in [2.05, 4.69) is 22.1 Å². The van der Waals surface area contributed by atoms with Crippen molar-refractivity contribution in [2.24, 2.45) is 0 Å². The second-order valence-electron chi connectivity index (χ2n) is 4.08. The van der Waals surface area contributed by atoms with Crippen molar-refractivity contribution in [1.82, 2.24) is 14.5 Å². The molecule has 0 saturated carbocycles. The molecule has 4 nitrogen and oxygen atoms in total. The van der Waals surface area contributed by atoms with Gasteiger partial charge in [0.15, 0.2) is 5.65 Å². The lowest BCUT2D eigenvalue weighted by Gasteiger charge is -2.04. The molecule has 1 aromatic carbocycles. The van der Waals surface area contributed by atoms with Gasteiger partial charge in [-0.25, -0.2) is 9.97 Å². The Morgan fingerprint density at radius 2 is 2.00 bits per heavy atom. The fraction of sp³-hybridized carbons (Fsp3) is 0.143. The molecule has 0 fully saturated rings. The van der Waals surface area contributed by atoms with E-state index in [1.165, 1.54) is 5.56 Å². The maximum Gasteiger partial charge on any atom is 0.160 e. The summed E-state index contributed by atoms with van der Waals surface area (Å²) in [5.41, 5.74) is 2.96. The van der Waals surface area contributed by atoms with Crippen molar-refractivity contribution in [2.45, 2.75) is 6.54 Å². The van der Waals surface area contributed by atoms with Gasteiger partial charge < -0.3 is 9.30 Å². The molecular formula is C14H13N3O. The Morgan fingerprint density at radius 3 is 2.78 bits per heavy atom. The van der Waals surface area contributed by atoms with Gasteiger partial charge in [0.2, 0.25) is 0 Å². The van der Waals surface area contributed by atoms with Crippen LogP contribution in [0, 0.1) is 0 Å². The monoisotopic (exact) mass is 239 g/mol. The van der Waals surface area contributed by atoms with E-state index in [-0.39, 0.29) is 0 Å². The lowest BCUT2D eigenvalue weighted by atomic mass is 10.2. The first-order valence-electron chi connectivity index (χ1n) is 5.75. The zero-order chi connectivity index (χ0) is 12.4. The maximum atomic E-state index is 5.14. The largest absolute Gasteiger partial charge is 0.495 e. The summed E-state index contributed by atoms with van der Waals surface area (Å²) < 4.78 is 7.17. The van der Waals surface area contributed by atoms with E-state index in [4.69, 9.17) is 4.74 Å². The minimum atomic E-state index is 0.729. The third-order valence-corrected chi connectivity index (χ3v) is 2.86. The molecule has 0 N–H and O–H groups in total. The Bertz CT molecular complexity index is 661. The summed E-state index contributed by atoms with van der Waals surface area (Å²) in [6.07, 6.45) is 3.52. The lowest BCUT2D eigenvalue weighted by molar-refractivity contribution is 0.413. The van der Waals surface area contributed by atoms with Crippen LogP contribution in [0.4, 0.5) is 0 Å². The van der Waals surface area contributed by atoms with Crippen LogP contribution in [-0.4, -0.2) is 21.6 Å². The first-order valence-corrected chi connectivity index (χ1v) is 5.75. The van der Waals surface area contributed by atoms with E-state index in [9.17, 15) is 0 Å². The Morgan fingerprint density at radius 1 is 1.17 bits per heavy atom. The van der Waals surface area contributed by atoms with Crippen LogP contribution in [-0.2, 0) is 6.54 Å². The number of aromatic nitrogens is 3. The van der Waals surface area contributed by atoms with Gasteiger partial charge in [-0.2, -0.15) is 0 Å². The average molecular weight is 239 g/mol. The molecule has 0 unspecified atom stereocenters. The van der Waals surface area contributed by atoms with Crippen molar-refractivity contribution in [3.05, 3.63) is 54.5 Å². The highest BCUT2D eigenvalue weighted by Crippen LogP contribution is 2.17. The molecule has 0 aliphatic carbocycles. The number of ether oxygens (including phenoxy) is 1. The summed E-state index contributed by atoms with van der Waals surface area (Å²) in [7, 11) is 1.63. The molecule has 2 heterocycles. The van der Waals surface area contributed by atoms with Crippen LogP contribution in [0.1, 0.15) is 5.56 Å². The number of fused-ring (bicyclic) bond motifs is 1. The number of pyridine rings is 1. The van der Waals surface area contributed by atoms with E-state index in [0.29, 0.717) is 0 Å². The summed E-state index contributed by atoms with van der Waals surface area (Å²) in [5, 5.41) is 0.